The number of carbonyl (C=O) groups excluding carboxylic acids is 1. The van der Waals surface area contributed by atoms with Crippen LogP contribution >= 0.6 is 0 Å². The van der Waals surface area contributed by atoms with Crippen LogP contribution in [0.4, 0.5) is 0 Å². The standard InChI is InChI=1S/C21H22N4O/c1-13-3-5-15(6-4-13)19(17-9-11-22-12-10-17)23-21(26)18-14(2)24-25-20(18)16-7-8-16/h3-6,9-12,16,19H,7-8H2,1-2H3,(H,23,26)(H,24,25). The van der Waals surface area contributed by atoms with Crippen LogP contribution in [0.15, 0.2) is 48.8 Å². The number of benzene rings is 1. The lowest BCUT2D eigenvalue weighted by molar-refractivity contribution is 0.0941. The maximum absolute atomic E-state index is 13.1. The third kappa shape index (κ3) is 3.25. The number of aromatic nitrogens is 3. The minimum Gasteiger partial charge on any atom is -0.341 e. The molecule has 0 bridgehead atoms. The number of aryl methyl sites for hydroxylation is 2. The molecule has 5 heteroatoms. The molecule has 1 amide bonds. The van der Waals surface area contributed by atoms with Crippen LogP contribution in [0.5, 0.6) is 0 Å². The lowest BCUT2D eigenvalue weighted by Gasteiger charge is -2.20. The fourth-order valence-electron chi connectivity index (χ4n) is 3.26. The van der Waals surface area contributed by atoms with Crippen molar-refractivity contribution in [3.8, 4) is 0 Å². The highest BCUT2D eigenvalue weighted by molar-refractivity contribution is 5.97. The zero-order valence-corrected chi connectivity index (χ0v) is 15.0. The van der Waals surface area contributed by atoms with Gasteiger partial charge in [-0.2, -0.15) is 5.10 Å². The monoisotopic (exact) mass is 346 g/mol. The maximum Gasteiger partial charge on any atom is 0.255 e. The third-order valence-corrected chi connectivity index (χ3v) is 4.89. The van der Waals surface area contributed by atoms with E-state index in [0.717, 1.165) is 35.4 Å². The van der Waals surface area contributed by atoms with E-state index in [1.165, 1.54) is 5.56 Å². The average molecular weight is 346 g/mol. The van der Waals surface area contributed by atoms with Gasteiger partial charge in [-0.1, -0.05) is 29.8 Å². The molecule has 4 rings (SSSR count). The minimum absolute atomic E-state index is 0.0828. The van der Waals surface area contributed by atoms with Crippen LogP contribution in [0.25, 0.3) is 0 Å². The van der Waals surface area contributed by atoms with E-state index in [1.807, 2.05) is 19.1 Å². The first-order chi connectivity index (χ1) is 12.6. The zero-order valence-electron chi connectivity index (χ0n) is 15.0. The topological polar surface area (TPSA) is 70.7 Å². The third-order valence-electron chi connectivity index (χ3n) is 4.89. The van der Waals surface area contributed by atoms with Gasteiger partial charge in [-0.3, -0.25) is 14.9 Å². The number of pyridine rings is 1. The number of nitrogens with one attached hydrogen (secondary N) is 2. The molecule has 1 saturated carbocycles. The van der Waals surface area contributed by atoms with Gasteiger partial charge in [0.05, 0.1) is 17.3 Å². The summed E-state index contributed by atoms with van der Waals surface area (Å²) in [6.07, 6.45) is 5.72. The van der Waals surface area contributed by atoms with Gasteiger partial charge in [0.15, 0.2) is 0 Å². The quantitative estimate of drug-likeness (QED) is 0.738. The SMILES string of the molecule is Cc1ccc(C(NC(=O)c2c(C3CC3)n[nH]c2C)c2ccncc2)cc1. The van der Waals surface area contributed by atoms with Gasteiger partial charge in [0.2, 0.25) is 0 Å². The number of aromatic amines is 1. The number of H-pyrrole nitrogens is 1. The lowest BCUT2D eigenvalue weighted by Crippen LogP contribution is -2.30. The predicted molar refractivity (Wildman–Crippen MR) is 100 cm³/mol. The van der Waals surface area contributed by atoms with Gasteiger partial charge < -0.3 is 5.32 Å². The Morgan fingerprint density at radius 2 is 1.73 bits per heavy atom. The van der Waals surface area contributed by atoms with Gasteiger partial charge in [-0.05, 0) is 49.9 Å². The van der Waals surface area contributed by atoms with Crippen LogP contribution in [0.2, 0.25) is 0 Å². The van der Waals surface area contributed by atoms with Crippen molar-refractivity contribution in [2.24, 2.45) is 0 Å². The molecule has 132 valence electrons. The van der Waals surface area contributed by atoms with E-state index in [9.17, 15) is 4.79 Å². The number of nitrogens with zero attached hydrogens (tertiary/aromatic N) is 2. The van der Waals surface area contributed by atoms with E-state index in [-0.39, 0.29) is 11.9 Å². The van der Waals surface area contributed by atoms with Gasteiger partial charge >= 0.3 is 0 Å². The first kappa shape index (κ1) is 16.5. The van der Waals surface area contributed by atoms with E-state index in [0.29, 0.717) is 11.5 Å². The van der Waals surface area contributed by atoms with Gasteiger partial charge in [0.1, 0.15) is 0 Å². The molecule has 0 aliphatic heterocycles. The molecule has 5 nitrogen and oxygen atoms in total. The van der Waals surface area contributed by atoms with E-state index < -0.39 is 0 Å². The summed E-state index contributed by atoms with van der Waals surface area (Å²) < 4.78 is 0. The molecule has 0 spiro atoms. The van der Waals surface area contributed by atoms with Gasteiger partial charge in [-0.15, -0.1) is 0 Å². The molecule has 1 unspecified atom stereocenters. The van der Waals surface area contributed by atoms with E-state index in [4.69, 9.17) is 0 Å². The molecular formula is C21H22N4O. The highest BCUT2D eigenvalue weighted by Gasteiger charge is 2.32. The molecule has 1 atom stereocenters. The van der Waals surface area contributed by atoms with Crippen LogP contribution < -0.4 is 5.32 Å². The van der Waals surface area contributed by atoms with E-state index in [1.54, 1.807) is 12.4 Å². The number of hydrogen-bond donors (Lipinski definition) is 2. The number of carbonyl (C=O) groups is 1. The second kappa shape index (κ2) is 6.75. The molecular weight excluding hydrogens is 324 g/mol. The highest BCUT2D eigenvalue weighted by atomic mass is 16.1. The summed E-state index contributed by atoms with van der Waals surface area (Å²) in [5.74, 6) is 0.333. The van der Waals surface area contributed by atoms with Gasteiger partial charge in [0.25, 0.3) is 5.91 Å². The normalized spacial score (nSPS) is 14.8. The largest absolute Gasteiger partial charge is 0.341 e. The van der Waals surface area contributed by atoms with E-state index >= 15 is 0 Å². The highest BCUT2D eigenvalue weighted by Crippen LogP contribution is 2.41. The summed E-state index contributed by atoms with van der Waals surface area (Å²) in [4.78, 5) is 17.2. The molecule has 1 fully saturated rings. The molecule has 3 aromatic rings. The fourth-order valence-corrected chi connectivity index (χ4v) is 3.26. The second-order valence-corrected chi connectivity index (χ2v) is 6.98. The summed E-state index contributed by atoms with van der Waals surface area (Å²) in [5, 5.41) is 10.6. The molecule has 0 saturated heterocycles. The molecule has 2 heterocycles. The number of rotatable bonds is 5. The van der Waals surface area contributed by atoms with Crippen LogP contribution in [-0.4, -0.2) is 21.1 Å². The van der Waals surface area contributed by atoms with Crippen molar-refractivity contribution >= 4 is 5.91 Å². The van der Waals surface area contributed by atoms with Crippen molar-refractivity contribution in [3.05, 3.63) is 82.4 Å². The second-order valence-electron chi connectivity index (χ2n) is 6.98. The van der Waals surface area contributed by atoms with Crippen molar-refractivity contribution in [3.63, 3.8) is 0 Å². The minimum atomic E-state index is -0.229. The summed E-state index contributed by atoms with van der Waals surface area (Å²) in [7, 11) is 0. The molecule has 2 N–H and O–H groups in total. The average Bonchev–Trinajstić information content (AvgIpc) is 3.43. The Bertz CT molecular complexity index is 911. The number of amides is 1. The Labute approximate surface area is 152 Å². The van der Waals surface area contributed by atoms with Crippen LogP contribution in [0.1, 0.15) is 63.2 Å². The van der Waals surface area contributed by atoms with Crippen molar-refractivity contribution in [1.29, 1.82) is 0 Å². The maximum atomic E-state index is 13.1. The van der Waals surface area contributed by atoms with Crippen molar-refractivity contribution < 1.29 is 4.79 Å². The molecule has 0 radical (unpaired) electrons. The van der Waals surface area contributed by atoms with Crippen molar-refractivity contribution in [2.75, 3.05) is 0 Å². The molecule has 1 aromatic carbocycles. The predicted octanol–water partition coefficient (Wildman–Crippen LogP) is 3.82. The summed E-state index contributed by atoms with van der Waals surface area (Å²) >= 11 is 0. The van der Waals surface area contributed by atoms with E-state index in [2.05, 4.69) is 51.7 Å². The molecule has 26 heavy (non-hydrogen) atoms. The van der Waals surface area contributed by atoms with Crippen LogP contribution in [0.3, 0.4) is 0 Å². The van der Waals surface area contributed by atoms with Gasteiger partial charge in [-0.25, -0.2) is 0 Å². The Morgan fingerprint density at radius 1 is 1.08 bits per heavy atom. The summed E-state index contributed by atoms with van der Waals surface area (Å²) in [6.45, 7) is 3.96. The van der Waals surface area contributed by atoms with Crippen molar-refractivity contribution in [1.82, 2.24) is 20.5 Å². The first-order valence-electron chi connectivity index (χ1n) is 8.95. The van der Waals surface area contributed by atoms with Gasteiger partial charge in [0, 0.05) is 24.0 Å². The van der Waals surface area contributed by atoms with Crippen molar-refractivity contribution in [2.45, 2.75) is 38.6 Å². The fraction of sp³-hybridized carbons (Fsp3) is 0.286. The Kier molecular flexibility index (Phi) is 4.29. The van der Waals surface area contributed by atoms with Crippen LogP contribution in [0, 0.1) is 13.8 Å². The Hall–Kier alpha value is -2.95. The Balaban J connectivity index is 1.68. The first-order valence-corrected chi connectivity index (χ1v) is 8.95. The number of hydrogen-bond acceptors (Lipinski definition) is 3. The molecule has 2 aromatic heterocycles. The Morgan fingerprint density at radius 3 is 2.38 bits per heavy atom. The lowest BCUT2D eigenvalue weighted by atomic mass is 9.98. The smallest absolute Gasteiger partial charge is 0.255 e. The molecule has 1 aliphatic rings. The summed E-state index contributed by atoms with van der Waals surface area (Å²) in [6, 6.07) is 11.9. The summed E-state index contributed by atoms with van der Waals surface area (Å²) in [5.41, 5.74) is 5.66. The van der Waals surface area contributed by atoms with Crippen LogP contribution in [-0.2, 0) is 0 Å². The zero-order chi connectivity index (χ0) is 18.1. The molecule has 1 aliphatic carbocycles.